The van der Waals surface area contributed by atoms with Gasteiger partial charge in [0.1, 0.15) is 6.33 Å². The molecule has 1 atom stereocenters. The maximum absolute atomic E-state index is 4.07. The summed E-state index contributed by atoms with van der Waals surface area (Å²) < 4.78 is 0. The van der Waals surface area contributed by atoms with Crippen molar-refractivity contribution in [2.24, 2.45) is 0 Å². The Labute approximate surface area is 101 Å². The number of hydrogen-bond acceptors (Lipinski definition) is 4. The molecule has 4 heteroatoms. The molecule has 0 fully saturated rings. The van der Waals surface area contributed by atoms with Crippen molar-refractivity contribution in [3.8, 4) is 0 Å². The molecule has 88 valence electrons. The number of aromatic nitrogens is 3. The van der Waals surface area contributed by atoms with E-state index in [1.165, 1.54) is 5.56 Å². The SMILES string of the molecule is CCCNC(c1ccncc1)c1cncnc1. The molecular formula is C13H16N4. The summed E-state index contributed by atoms with van der Waals surface area (Å²) in [6.45, 7) is 3.11. The van der Waals surface area contributed by atoms with Crippen molar-refractivity contribution in [3.63, 3.8) is 0 Å². The lowest BCUT2D eigenvalue weighted by Crippen LogP contribution is -2.23. The first-order valence-electron chi connectivity index (χ1n) is 5.80. The summed E-state index contributed by atoms with van der Waals surface area (Å²) in [6, 6.07) is 4.17. The summed E-state index contributed by atoms with van der Waals surface area (Å²) in [7, 11) is 0. The van der Waals surface area contributed by atoms with E-state index in [1.807, 2.05) is 24.5 Å². The Morgan fingerprint density at radius 3 is 2.41 bits per heavy atom. The summed E-state index contributed by atoms with van der Waals surface area (Å²) in [6.07, 6.45) is 9.95. The summed E-state index contributed by atoms with van der Waals surface area (Å²) in [5.41, 5.74) is 2.26. The highest BCUT2D eigenvalue weighted by Gasteiger charge is 2.13. The average Bonchev–Trinajstić information content (AvgIpc) is 2.42. The van der Waals surface area contributed by atoms with Crippen molar-refractivity contribution in [1.82, 2.24) is 20.3 Å². The van der Waals surface area contributed by atoms with Crippen LogP contribution >= 0.6 is 0 Å². The van der Waals surface area contributed by atoms with E-state index in [1.54, 1.807) is 18.7 Å². The molecule has 0 bridgehead atoms. The van der Waals surface area contributed by atoms with Gasteiger partial charge in [0.15, 0.2) is 0 Å². The van der Waals surface area contributed by atoms with Gasteiger partial charge in [-0.05, 0) is 30.7 Å². The molecule has 1 N–H and O–H groups in total. The zero-order chi connectivity index (χ0) is 11.9. The second kappa shape index (κ2) is 6.06. The van der Waals surface area contributed by atoms with Crippen molar-refractivity contribution in [2.45, 2.75) is 19.4 Å². The lowest BCUT2D eigenvalue weighted by Gasteiger charge is -2.18. The minimum absolute atomic E-state index is 0.138. The van der Waals surface area contributed by atoms with Crippen LogP contribution in [0.4, 0.5) is 0 Å². The van der Waals surface area contributed by atoms with Crippen molar-refractivity contribution in [1.29, 1.82) is 0 Å². The van der Waals surface area contributed by atoms with Crippen molar-refractivity contribution in [3.05, 3.63) is 54.4 Å². The number of nitrogens with zero attached hydrogens (tertiary/aromatic N) is 3. The molecule has 0 aliphatic heterocycles. The Morgan fingerprint density at radius 2 is 1.76 bits per heavy atom. The quantitative estimate of drug-likeness (QED) is 0.850. The van der Waals surface area contributed by atoms with E-state index in [-0.39, 0.29) is 6.04 Å². The smallest absolute Gasteiger partial charge is 0.115 e. The van der Waals surface area contributed by atoms with E-state index >= 15 is 0 Å². The van der Waals surface area contributed by atoms with Crippen LogP contribution in [0.5, 0.6) is 0 Å². The van der Waals surface area contributed by atoms with Crippen LogP contribution in [0.2, 0.25) is 0 Å². The van der Waals surface area contributed by atoms with Gasteiger partial charge in [-0.1, -0.05) is 6.92 Å². The molecule has 0 aromatic carbocycles. The van der Waals surface area contributed by atoms with E-state index < -0.39 is 0 Å². The molecule has 2 heterocycles. The van der Waals surface area contributed by atoms with Gasteiger partial charge in [0.25, 0.3) is 0 Å². The molecule has 0 aliphatic carbocycles. The number of rotatable bonds is 5. The molecule has 0 radical (unpaired) electrons. The van der Waals surface area contributed by atoms with E-state index in [9.17, 15) is 0 Å². The minimum Gasteiger partial charge on any atom is -0.306 e. The molecule has 2 rings (SSSR count). The fraction of sp³-hybridized carbons (Fsp3) is 0.308. The zero-order valence-corrected chi connectivity index (χ0v) is 9.87. The van der Waals surface area contributed by atoms with Crippen molar-refractivity contribution in [2.75, 3.05) is 6.54 Å². The Morgan fingerprint density at radius 1 is 1.06 bits per heavy atom. The van der Waals surface area contributed by atoms with Gasteiger partial charge in [-0.2, -0.15) is 0 Å². The maximum atomic E-state index is 4.07. The van der Waals surface area contributed by atoms with E-state index in [4.69, 9.17) is 0 Å². The molecule has 4 nitrogen and oxygen atoms in total. The largest absolute Gasteiger partial charge is 0.306 e. The van der Waals surface area contributed by atoms with Gasteiger partial charge in [0, 0.05) is 30.4 Å². The van der Waals surface area contributed by atoms with Gasteiger partial charge in [-0.15, -0.1) is 0 Å². The minimum atomic E-state index is 0.138. The third-order valence-electron chi connectivity index (χ3n) is 2.55. The van der Waals surface area contributed by atoms with Gasteiger partial charge < -0.3 is 5.32 Å². The van der Waals surface area contributed by atoms with Crippen LogP contribution in [0.25, 0.3) is 0 Å². The third kappa shape index (κ3) is 3.07. The summed E-state index contributed by atoms with van der Waals surface area (Å²) >= 11 is 0. The normalized spacial score (nSPS) is 12.3. The second-order valence-corrected chi connectivity index (χ2v) is 3.84. The van der Waals surface area contributed by atoms with Gasteiger partial charge >= 0.3 is 0 Å². The average molecular weight is 228 g/mol. The van der Waals surface area contributed by atoms with Gasteiger partial charge in [-0.3, -0.25) is 4.98 Å². The molecule has 2 aromatic heterocycles. The van der Waals surface area contributed by atoms with Crippen LogP contribution in [-0.4, -0.2) is 21.5 Å². The molecule has 0 amide bonds. The zero-order valence-electron chi connectivity index (χ0n) is 9.87. The summed E-state index contributed by atoms with van der Waals surface area (Å²) in [5.74, 6) is 0. The molecule has 1 unspecified atom stereocenters. The lowest BCUT2D eigenvalue weighted by atomic mass is 10.0. The molecule has 0 saturated carbocycles. The Bertz CT molecular complexity index is 390. The third-order valence-corrected chi connectivity index (χ3v) is 2.55. The van der Waals surface area contributed by atoms with Gasteiger partial charge in [-0.25, -0.2) is 9.97 Å². The second-order valence-electron chi connectivity index (χ2n) is 3.84. The lowest BCUT2D eigenvalue weighted by molar-refractivity contribution is 0.594. The number of pyridine rings is 1. The predicted octanol–water partition coefficient (Wildman–Crippen LogP) is 1.96. The topological polar surface area (TPSA) is 50.7 Å². The monoisotopic (exact) mass is 228 g/mol. The molecule has 0 aliphatic rings. The molecular weight excluding hydrogens is 212 g/mol. The first-order chi connectivity index (χ1) is 8.42. The first kappa shape index (κ1) is 11.7. The van der Waals surface area contributed by atoms with Gasteiger partial charge in [0.2, 0.25) is 0 Å². The van der Waals surface area contributed by atoms with E-state index in [0.29, 0.717) is 0 Å². The predicted molar refractivity (Wildman–Crippen MR) is 66.4 cm³/mol. The standard InChI is InChI=1S/C13H16N4/c1-2-5-17-13(11-3-6-14-7-4-11)12-8-15-10-16-9-12/h3-4,6-10,13,17H,2,5H2,1H3. The van der Waals surface area contributed by atoms with Crippen LogP contribution in [0.3, 0.4) is 0 Å². The first-order valence-corrected chi connectivity index (χ1v) is 5.80. The van der Waals surface area contributed by atoms with Crippen molar-refractivity contribution < 1.29 is 0 Å². The molecule has 2 aromatic rings. The molecule has 17 heavy (non-hydrogen) atoms. The van der Waals surface area contributed by atoms with Crippen molar-refractivity contribution >= 4 is 0 Å². The fourth-order valence-corrected chi connectivity index (χ4v) is 1.73. The van der Waals surface area contributed by atoms with Crippen LogP contribution in [0.15, 0.2) is 43.2 Å². The highest BCUT2D eigenvalue weighted by Crippen LogP contribution is 2.19. The van der Waals surface area contributed by atoms with Crippen LogP contribution in [0, 0.1) is 0 Å². The summed E-state index contributed by atoms with van der Waals surface area (Å²) in [4.78, 5) is 12.2. The maximum Gasteiger partial charge on any atom is 0.115 e. The van der Waals surface area contributed by atoms with E-state index in [2.05, 4.69) is 27.2 Å². The van der Waals surface area contributed by atoms with Crippen LogP contribution < -0.4 is 5.32 Å². The van der Waals surface area contributed by atoms with E-state index in [0.717, 1.165) is 18.5 Å². The van der Waals surface area contributed by atoms with Gasteiger partial charge in [0.05, 0.1) is 6.04 Å². The highest BCUT2D eigenvalue weighted by atomic mass is 14.9. The Hall–Kier alpha value is -1.81. The van der Waals surface area contributed by atoms with Crippen LogP contribution in [-0.2, 0) is 0 Å². The number of hydrogen-bond donors (Lipinski definition) is 1. The molecule has 0 spiro atoms. The summed E-state index contributed by atoms with van der Waals surface area (Å²) in [5, 5.41) is 3.49. The Balaban J connectivity index is 2.26. The molecule has 0 saturated heterocycles. The van der Waals surface area contributed by atoms with Crippen LogP contribution in [0.1, 0.15) is 30.5 Å². The Kier molecular flexibility index (Phi) is 4.16. The highest BCUT2D eigenvalue weighted by molar-refractivity contribution is 5.26. The fourth-order valence-electron chi connectivity index (χ4n) is 1.73. The number of nitrogens with one attached hydrogen (secondary N) is 1.